The second kappa shape index (κ2) is 3.65. The van der Waals surface area contributed by atoms with Crippen molar-refractivity contribution >= 4 is 28.6 Å². The lowest BCUT2D eigenvalue weighted by Crippen LogP contribution is -1.82. The Morgan fingerprint density at radius 2 is 2.08 bits per heavy atom. The maximum atomic E-state index is 12.5. The Kier molecular flexibility index (Phi) is 2.99. The molecule has 6 heteroatoms. The van der Waals surface area contributed by atoms with Gasteiger partial charge in [-0.05, 0) is 12.1 Å². The topological polar surface area (TPSA) is 26.3 Å². The quantitative estimate of drug-likeness (QED) is 0.721. The predicted octanol–water partition coefficient (Wildman–Crippen LogP) is 3.79. The highest BCUT2D eigenvalue weighted by Gasteiger charge is 2.15. The van der Waals surface area contributed by atoms with E-state index in [1.165, 1.54) is 18.2 Å². The van der Waals surface area contributed by atoms with Gasteiger partial charge in [0.05, 0.1) is 0 Å². The number of rotatable bonds is 2. The number of hydrogen-bond acceptors (Lipinski definition) is 2. The molecule has 0 bridgehead atoms. The highest BCUT2D eigenvalue weighted by molar-refractivity contribution is 8.05. The summed E-state index contributed by atoms with van der Waals surface area (Å²) in [4.78, 5) is 0. The van der Waals surface area contributed by atoms with Crippen LogP contribution in [0.15, 0.2) is 24.3 Å². The summed E-state index contributed by atoms with van der Waals surface area (Å²) >= 11 is 10.2. The van der Waals surface area contributed by atoms with Crippen molar-refractivity contribution in [2.24, 2.45) is 0 Å². The smallest absolute Gasteiger partial charge is 0.422 e. The normalized spacial score (nSPS) is 11.2. The van der Waals surface area contributed by atoms with Crippen LogP contribution in [-0.4, -0.2) is 0 Å². The second-order valence-electron chi connectivity index (χ2n) is 1.96. The summed E-state index contributed by atoms with van der Waals surface area (Å²) in [5, 5.41) is 0. The van der Waals surface area contributed by atoms with Crippen LogP contribution in [0.3, 0.4) is 0 Å². The van der Waals surface area contributed by atoms with Gasteiger partial charge < -0.3 is 4.52 Å². The molecule has 2 nitrogen and oxygen atoms in total. The fourth-order valence-corrected chi connectivity index (χ4v) is 1.48. The summed E-state index contributed by atoms with van der Waals surface area (Å²) in [6.45, 7) is 0. The number of halogens is 3. The van der Waals surface area contributed by atoms with Gasteiger partial charge in [0.2, 0.25) is 0 Å². The highest BCUT2D eigenvalue weighted by Crippen LogP contribution is 2.57. The fraction of sp³-hybridized carbons (Fsp3) is 0. The van der Waals surface area contributed by atoms with E-state index in [4.69, 9.17) is 22.5 Å². The molecule has 0 heterocycles. The van der Waals surface area contributed by atoms with Gasteiger partial charge in [0.1, 0.15) is 11.6 Å². The maximum absolute atomic E-state index is 12.5. The molecule has 0 unspecified atom stereocenters. The van der Waals surface area contributed by atoms with Gasteiger partial charge >= 0.3 is 6.07 Å². The Hall–Kier alpha value is -0.240. The second-order valence-corrected chi connectivity index (χ2v) is 6.16. The van der Waals surface area contributed by atoms with Crippen molar-refractivity contribution in [1.29, 1.82) is 0 Å². The molecule has 1 aromatic rings. The molecule has 0 aliphatic heterocycles. The molecule has 0 aromatic heterocycles. The van der Waals surface area contributed by atoms with Crippen LogP contribution < -0.4 is 4.52 Å². The fourth-order valence-electron chi connectivity index (χ4n) is 0.647. The van der Waals surface area contributed by atoms with E-state index in [0.717, 1.165) is 6.07 Å². The molecular weight excluding hydrogens is 225 g/mol. The van der Waals surface area contributed by atoms with Gasteiger partial charge in [0, 0.05) is 28.5 Å². The zero-order valence-corrected chi connectivity index (χ0v) is 8.11. The summed E-state index contributed by atoms with van der Waals surface area (Å²) in [7, 11) is 0. The van der Waals surface area contributed by atoms with Crippen molar-refractivity contribution in [2.45, 2.75) is 0 Å². The monoisotopic (exact) mass is 228 g/mol. The molecule has 66 valence electrons. The minimum absolute atomic E-state index is 0.0448. The first-order chi connectivity index (χ1) is 5.47. The van der Waals surface area contributed by atoms with Gasteiger partial charge in [-0.15, -0.1) is 0 Å². The summed E-state index contributed by atoms with van der Waals surface area (Å²) in [5.41, 5.74) is 0. The molecule has 0 fully saturated rings. The van der Waals surface area contributed by atoms with Gasteiger partial charge in [-0.2, -0.15) is 0 Å². The van der Waals surface area contributed by atoms with Crippen molar-refractivity contribution in [3.05, 3.63) is 30.1 Å². The van der Waals surface area contributed by atoms with Gasteiger partial charge in [0.15, 0.2) is 0 Å². The van der Waals surface area contributed by atoms with E-state index in [1.807, 2.05) is 0 Å². The van der Waals surface area contributed by atoms with Crippen LogP contribution in [0.2, 0.25) is 0 Å². The zero-order chi connectivity index (χ0) is 9.19. The minimum Gasteiger partial charge on any atom is -0.422 e. The molecule has 0 N–H and O–H groups in total. The Morgan fingerprint density at radius 1 is 1.42 bits per heavy atom. The van der Waals surface area contributed by atoms with E-state index in [2.05, 4.69) is 4.52 Å². The summed E-state index contributed by atoms with van der Waals surface area (Å²) in [6, 6.07) is 5.06. The standard InChI is InChI=1S/C6H4Cl2FO2P/c7-12(8,10)11-6-3-1-2-5(9)4-6/h1-4H. The average Bonchev–Trinajstić information content (AvgIpc) is 1.82. The van der Waals surface area contributed by atoms with E-state index >= 15 is 0 Å². The van der Waals surface area contributed by atoms with E-state index in [0.29, 0.717) is 0 Å². The Bertz CT molecular complexity index is 325. The minimum atomic E-state index is -3.63. The third-order valence-corrected chi connectivity index (χ3v) is 1.85. The van der Waals surface area contributed by atoms with Gasteiger partial charge in [-0.3, -0.25) is 0 Å². The van der Waals surface area contributed by atoms with Gasteiger partial charge in [-0.25, -0.2) is 8.96 Å². The molecule has 0 aliphatic carbocycles. The van der Waals surface area contributed by atoms with Crippen molar-refractivity contribution in [2.75, 3.05) is 0 Å². The first-order valence-corrected chi connectivity index (χ1v) is 6.35. The molecule has 0 amide bonds. The lowest BCUT2D eigenvalue weighted by Gasteiger charge is -2.04. The average molecular weight is 229 g/mol. The van der Waals surface area contributed by atoms with E-state index in [-0.39, 0.29) is 5.75 Å². The first kappa shape index (κ1) is 9.85. The van der Waals surface area contributed by atoms with Crippen molar-refractivity contribution in [3.8, 4) is 5.75 Å². The molecule has 0 radical (unpaired) electrons. The Balaban J connectivity index is 2.84. The summed E-state index contributed by atoms with van der Waals surface area (Å²) < 4.78 is 27.7. The first-order valence-electron chi connectivity index (χ1n) is 2.92. The molecule has 12 heavy (non-hydrogen) atoms. The molecule has 1 rings (SSSR count). The van der Waals surface area contributed by atoms with E-state index in [1.54, 1.807) is 0 Å². The Morgan fingerprint density at radius 3 is 2.58 bits per heavy atom. The molecule has 0 spiro atoms. The highest BCUT2D eigenvalue weighted by atomic mass is 35.9. The Labute approximate surface area is 78.3 Å². The molecule has 0 atom stereocenters. The molecule has 0 saturated carbocycles. The van der Waals surface area contributed by atoms with Crippen LogP contribution in [0.25, 0.3) is 0 Å². The van der Waals surface area contributed by atoms with Crippen molar-refractivity contribution < 1.29 is 13.5 Å². The van der Waals surface area contributed by atoms with Crippen molar-refractivity contribution in [3.63, 3.8) is 0 Å². The third-order valence-electron chi connectivity index (χ3n) is 1.01. The number of hydrogen-bond donors (Lipinski definition) is 0. The largest absolute Gasteiger partial charge is 0.428 e. The molecular formula is C6H4Cl2FO2P. The van der Waals surface area contributed by atoms with Crippen LogP contribution in [0.5, 0.6) is 5.75 Å². The van der Waals surface area contributed by atoms with Crippen molar-refractivity contribution in [1.82, 2.24) is 0 Å². The zero-order valence-electron chi connectivity index (χ0n) is 5.71. The van der Waals surface area contributed by atoms with Gasteiger partial charge in [-0.1, -0.05) is 6.07 Å². The summed E-state index contributed by atoms with van der Waals surface area (Å²) in [6.07, 6.45) is -3.63. The van der Waals surface area contributed by atoms with Crippen LogP contribution in [-0.2, 0) is 4.57 Å². The lowest BCUT2D eigenvalue weighted by molar-refractivity contribution is 0.509. The molecule has 0 saturated heterocycles. The van der Waals surface area contributed by atoms with E-state index < -0.39 is 11.9 Å². The maximum Gasteiger partial charge on any atom is 0.428 e. The molecule has 0 aliphatic rings. The van der Waals surface area contributed by atoms with Crippen LogP contribution >= 0.6 is 28.6 Å². The SMILES string of the molecule is O=P(Cl)(Cl)Oc1cccc(F)c1. The lowest BCUT2D eigenvalue weighted by atomic mass is 10.3. The number of benzene rings is 1. The van der Waals surface area contributed by atoms with Crippen LogP contribution in [0, 0.1) is 5.82 Å². The molecule has 1 aromatic carbocycles. The van der Waals surface area contributed by atoms with Crippen LogP contribution in [0.4, 0.5) is 4.39 Å². The van der Waals surface area contributed by atoms with Crippen LogP contribution in [0.1, 0.15) is 0 Å². The third kappa shape index (κ3) is 3.44. The summed E-state index contributed by atoms with van der Waals surface area (Å²) in [5.74, 6) is -0.461. The van der Waals surface area contributed by atoms with E-state index in [9.17, 15) is 8.96 Å². The predicted molar refractivity (Wildman–Crippen MR) is 46.3 cm³/mol. The van der Waals surface area contributed by atoms with Gasteiger partial charge in [0.25, 0.3) is 0 Å².